The van der Waals surface area contributed by atoms with E-state index in [4.69, 9.17) is 4.99 Å². The fourth-order valence-electron chi connectivity index (χ4n) is 11.4. The largest absolute Gasteiger partial charge is 0.300 e. The molecule has 0 bridgehead atoms. The van der Waals surface area contributed by atoms with Gasteiger partial charge in [0.05, 0.1) is 16.8 Å². The third-order valence-corrected chi connectivity index (χ3v) is 14.2. The number of aliphatic imine (C=N–C) groups is 1. The molecule has 0 amide bonds. The van der Waals surface area contributed by atoms with Gasteiger partial charge in [0, 0.05) is 22.8 Å². The molecule has 2 heteroatoms. The molecule has 10 aromatic carbocycles. The summed E-state index contributed by atoms with van der Waals surface area (Å²) in [7, 11) is 0. The monoisotopic (exact) mass is 842 g/mol. The molecule has 2 aliphatic carbocycles. The minimum atomic E-state index is -0.557. The van der Waals surface area contributed by atoms with Crippen molar-refractivity contribution in [2.45, 2.75) is 24.7 Å². The molecule has 0 saturated heterocycles. The highest BCUT2D eigenvalue weighted by Crippen LogP contribution is 2.57. The number of benzene rings is 10. The smallest absolute Gasteiger partial charge is 0.0723 e. The van der Waals surface area contributed by atoms with Crippen molar-refractivity contribution in [3.63, 3.8) is 0 Å². The van der Waals surface area contributed by atoms with E-state index in [1.54, 1.807) is 0 Å². The van der Waals surface area contributed by atoms with E-state index in [0.717, 1.165) is 27.8 Å². The zero-order valence-corrected chi connectivity index (χ0v) is 37.0. The Balaban J connectivity index is 1.01. The molecule has 0 heterocycles. The molecule has 0 aromatic heterocycles. The highest BCUT2D eigenvalue weighted by molar-refractivity contribution is 6.12. The van der Waals surface area contributed by atoms with Crippen molar-refractivity contribution < 1.29 is 0 Å². The maximum Gasteiger partial charge on any atom is 0.0723 e. The Labute approximate surface area is 386 Å². The number of fused-ring (bicyclic) bond motifs is 9. The van der Waals surface area contributed by atoms with E-state index in [1.165, 1.54) is 82.9 Å². The lowest BCUT2D eigenvalue weighted by molar-refractivity contribution is 0.668. The third kappa shape index (κ3) is 6.02. The molecule has 66 heavy (non-hydrogen) atoms. The molecule has 10 aromatic rings. The molecular weight excluding hydrogens is 797 g/mol. The Bertz CT molecular complexity index is 3570. The first-order valence-corrected chi connectivity index (χ1v) is 22.9. The lowest BCUT2D eigenvalue weighted by Gasteiger charge is -2.34. The fraction of sp³-hybridized carbons (Fsp3) is 0.0625. The van der Waals surface area contributed by atoms with E-state index in [0.29, 0.717) is 5.71 Å². The van der Waals surface area contributed by atoms with Gasteiger partial charge in [-0.2, -0.15) is 0 Å². The maximum atomic E-state index is 9.39. The molecule has 0 unspecified atom stereocenters. The van der Waals surface area contributed by atoms with Gasteiger partial charge in [-0.25, -0.2) is 0 Å². The predicted molar refractivity (Wildman–Crippen MR) is 277 cm³/mol. The van der Waals surface area contributed by atoms with E-state index in [2.05, 4.69) is 208 Å². The summed E-state index contributed by atoms with van der Waals surface area (Å²) in [4.78, 5) is 5.38. The van der Waals surface area contributed by atoms with Crippen LogP contribution in [0, 0.1) is 5.41 Å². The van der Waals surface area contributed by atoms with Gasteiger partial charge < -0.3 is 5.41 Å². The van der Waals surface area contributed by atoms with Gasteiger partial charge in [0.2, 0.25) is 0 Å². The van der Waals surface area contributed by atoms with Gasteiger partial charge >= 0.3 is 0 Å². The van der Waals surface area contributed by atoms with Gasteiger partial charge in [-0.3, -0.25) is 4.99 Å². The Morgan fingerprint density at radius 3 is 1.71 bits per heavy atom. The quantitative estimate of drug-likeness (QED) is 0.148. The van der Waals surface area contributed by atoms with Gasteiger partial charge in [0.25, 0.3) is 0 Å². The topological polar surface area (TPSA) is 36.2 Å². The lowest BCUT2D eigenvalue weighted by Crippen LogP contribution is -2.28. The molecule has 2 aliphatic rings. The second-order valence-electron chi connectivity index (χ2n) is 18.2. The number of nitrogens with one attached hydrogen (secondary N) is 1. The summed E-state index contributed by atoms with van der Waals surface area (Å²) in [6, 6.07) is 80.8. The van der Waals surface area contributed by atoms with Crippen molar-refractivity contribution >= 4 is 39.2 Å². The average Bonchev–Trinajstić information content (AvgIpc) is 3.81. The van der Waals surface area contributed by atoms with Crippen LogP contribution in [0.3, 0.4) is 0 Å². The second-order valence-corrected chi connectivity index (χ2v) is 18.2. The summed E-state index contributed by atoms with van der Waals surface area (Å²) < 4.78 is 0. The third-order valence-electron chi connectivity index (χ3n) is 14.2. The first-order valence-electron chi connectivity index (χ1n) is 22.9. The summed E-state index contributed by atoms with van der Waals surface area (Å²) >= 11 is 0. The number of hydrogen-bond donors (Lipinski definition) is 1. The van der Waals surface area contributed by atoms with Gasteiger partial charge in [0.15, 0.2) is 0 Å². The Hall–Kier alpha value is -8.20. The first kappa shape index (κ1) is 39.4. The maximum absolute atomic E-state index is 9.39. The van der Waals surface area contributed by atoms with Crippen LogP contribution in [0.4, 0.5) is 0 Å². The molecule has 0 radical (unpaired) electrons. The van der Waals surface area contributed by atoms with Crippen molar-refractivity contribution in [3.8, 4) is 33.4 Å². The fourth-order valence-corrected chi connectivity index (χ4v) is 11.4. The molecule has 0 saturated carbocycles. The standard InChI is InChI=1S/C64H46N2/c1-63(2)61-49-27-13-12-19-42(49)33-38-56(61)55-31-18-30-54(62(55)63)51-36-35-45(48-26-14-15-28-50(48)51)41-66-60(40-59(65)43-20-6-3-7-21-43)44-34-37-53-52-29-16-17-32-57(52)64(58(53)39-44,46-22-8-4-9-23-46)47-24-10-5-11-25-47/h3-41,65H,1-2H3/b60-40-,65-59?,66-41?. The number of hydrogen-bond acceptors (Lipinski definition) is 2. The van der Waals surface area contributed by atoms with Crippen LogP contribution >= 0.6 is 0 Å². The van der Waals surface area contributed by atoms with E-state index in [1.807, 2.05) is 42.6 Å². The minimum absolute atomic E-state index is 0.206. The highest BCUT2D eigenvalue weighted by atomic mass is 14.7. The second kappa shape index (κ2) is 15.5. The molecule has 2 nitrogen and oxygen atoms in total. The average molecular weight is 843 g/mol. The van der Waals surface area contributed by atoms with Gasteiger partial charge in [-0.1, -0.05) is 232 Å². The molecular formula is C64H46N2. The van der Waals surface area contributed by atoms with E-state index < -0.39 is 5.41 Å². The summed E-state index contributed by atoms with van der Waals surface area (Å²) in [6.45, 7) is 4.78. The predicted octanol–water partition coefficient (Wildman–Crippen LogP) is 15.9. The summed E-state index contributed by atoms with van der Waals surface area (Å²) in [5, 5.41) is 14.3. The summed E-state index contributed by atoms with van der Waals surface area (Å²) in [6.07, 6.45) is 3.93. The van der Waals surface area contributed by atoms with Crippen LogP contribution in [0.5, 0.6) is 0 Å². The van der Waals surface area contributed by atoms with Crippen LogP contribution in [0.25, 0.3) is 60.6 Å². The lowest BCUT2D eigenvalue weighted by atomic mass is 9.67. The van der Waals surface area contributed by atoms with Crippen LogP contribution in [0.2, 0.25) is 0 Å². The zero-order valence-electron chi connectivity index (χ0n) is 37.0. The molecule has 12 rings (SSSR count). The Kier molecular flexibility index (Phi) is 9.26. The minimum Gasteiger partial charge on any atom is -0.300 e. The number of allylic oxidation sites excluding steroid dienone is 1. The number of rotatable bonds is 8. The van der Waals surface area contributed by atoms with Crippen LogP contribution in [0.1, 0.15) is 63.9 Å². The van der Waals surface area contributed by atoms with Crippen molar-refractivity contribution in [1.29, 1.82) is 5.41 Å². The Morgan fingerprint density at radius 1 is 0.424 bits per heavy atom. The van der Waals surface area contributed by atoms with E-state index in [-0.39, 0.29) is 5.41 Å². The van der Waals surface area contributed by atoms with Crippen molar-refractivity contribution in [2.75, 3.05) is 0 Å². The zero-order chi connectivity index (χ0) is 44.4. The molecule has 312 valence electrons. The summed E-state index contributed by atoms with van der Waals surface area (Å²) in [5.74, 6) is 0. The van der Waals surface area contributed by atoms with Gasteiger partial charge in [-0.05, 0) is 106 Å². The normalized spacial score (nSPS) is 14.2. The van der Waals surface area contributed by atoms with Crippen molar-refractivity contribution in [1.82, 2.24) is 0 Å². The van der Waals surface area contributed by atoms with Crippen LogP contribution in [-0.2, 0) is 10.8 Å². The molecule has 0 fully saturated rings. The highest BCUT2D eigenvalue weighted by Gasteiger charge is 2.46. The molecule has 1 N–H and O–H groups in total. The van der Waals surface area contributed by atoms with Crippen LogP contribution < -0.4 is 0 Å². The Morgan fingerprint density at radius 2 is 0.970 bits per heavy atom. The van der Waals surface area contributed by atoms with Crippen molar-refractivity contribution in [2.24, 2.45) is 4.99 Å². The first-order chi connectivity index (χ1) is 32.4. The van der Waals surface area contributed by atoms with Crippen molar-refractivity contribution in [3.05, 3.63) is 281 Å². The SMILES string of the molecule is CC1(C)c2c(cccc2-c2ccc(C=N/C(=C\C(=N)c3ccccc3)c3ccc4c(c3)C(c3ccccc3)(c3ccccc3)c3ccccc3-4)c3ccccc23)-c2ccc3ccccc3c21. The van der Waals surface area contributed by atoms with Crippen LogP contribution in [-0.4, -0.2) is 11.9 Å². The van der Waals surface area contributed by atoms with Gasteiger partial charge in [-0.15, -0.1) is 0 Å². The van der Waals surface area contributed by atoms with E-state index in [9.17, 15) is 5.41 Å². The van der Waals surface area contributed by atoms with E-state index >= 15 is 0 Å². The molecule has 0 atom stereocenters. The van der Waals surface area contributed by atoms with Gasteiger partial charge in [0.1, 0.15) is 0 Å². The molecule has 0 spiro atoms. The summed E-state index contributed by atoms with van der Waals surface area (Å²) in [5.41, 5.74) is 18.4. The number of nitrogens with zero attached hydrogens (tertiary/aromatic N) is 1. The molecule has 0 aliphatic heterocycles. The van der Waals surface area contributed by atoms with Crippen LogP contribution in [0.15, 0.2) is 236 Å².